The summed E-state index contributed by atoms with van der Waals surface area (Å²) in [4.78, 5) is 21.2. The Morgan fingerprint density at radius 1 is 1.00 bits per heavy atom. The molecular formula is C20H24N4O3. The van der Waals surface area contributed by atoms with Crippen molar-refractivity contribution in [3.63, 3.8) is 0 Å². The molecule has 0 atom stereocenters. The second-order valence-electron chi connectivity index (χ2n) is 6.91. The molecule has 0 unspecified atom stereocenters. The number of hydrogen-bond donors (Lipinski definition) is 2. The molecule has 27 heavy (non-hydrogen) atoms. The van der Waals surface area contributed by atoms with Gasteiger partial charge >= 0.3 is 0 Å². The Morgan fingerprint density at radius 3 is 2.59 bits per heavy atom. The van der Waals surface area contributed by atoms with E-state index in [1.807, 2.05) is 0 Å². The van der Waals surface area contributed by atoms with Gasteiger partial charge in [-0.25, -0.2) is 9.97 Å². The van der Waals surface area contributed by atoms with Gasteiger partial charge in [-0.1, -0.05) is 25.7 Å². The van der Waals surface area contributed by atoms with Crippen molar-refractivity contribution in [2.45, 2.75) is 44.6 Å². The SMILES string of the molecule is O=C(Nc1ccc2c(c1)OCCO2)c1ccnc(NC2CCCCCC2)n1. The fourth-order valence-corrected chi connectivity index (χ4v) is 3.48. The van der Waals surface area contributed by atoms with Crippen LogP contribution in [0.4, 0.5) is 11.6 Å². The lowest BCUT2D eigenvalue weighted by atomic mass is 10.1. The second-order valence-corrected chi connectivity index (χ2v) is 6.91. The van der Waals surface area contributed by atoms with Crippen molar-refractivity contribution in [3.8, 4) is 11.5 Å². The number of carbonyl (C=O) groups is 1. The van der Waals surface area contributed by atoms with Crippen molar-refractivity contribution in [2.24, 2.45) is 0 Å². The van der Waals surface area contributed by atoms with E-state index in [0.29, 0.717) is 48.1 Å². The lowest BCUT2D eigenvalue weighted by Gasteiger charge is -2.19. The first kappa shape index (κ1) is 17.6. The number of aromatic nitrogens is 2. The fraction of sp³-hybridized carbons (Fsp3) is 0.450. The molecule has 1 aliphatic carbocycles. The molecule has 1 aromatic carbocycles. The number of nitrogens with one attached hydrogen (secondary N) is 2. The highest BCUT2D eigenvalue weighted by Crippen LogP contribution is 2.32. The molecule has 0 bridgehead atoms. The third-order valence-corrected chi connectivity index (χ3v) is 4.88. The first-order valence-corrected chi connectivity index (χ1v) is 9.58. The van der Waals surface area contributed by atoms with Gasteiger partial charge < -0.3 is 20.1 Å². The van der Waals surface area contributed by atoms with Gasteiger partial charge in [0, 0.05) is 24.0 Å². The molecule has 2 aliphatic rings. The zero-order valence-electron chi connectivity index (χ0n) is 15.2. The van der Waals surface area contributed by atoms with Crippen LogP contribution in [-0.2, 0) is 0 Å². The number of fused-ring (bicyclic) bond motifs is 1. The van der Waals surface area contributed by atoms with E-state index in [1.54, 1.807) is 30.5 Å². The molecule has 0 radical (unpaired) electrons. The van der Waals surface area contributed by atoms with Gasteiger partial charge in [-0.3, -0.25) is 4.79 Å². The Hall–Kier alpha value is -2.83. The van der Waals surface area contributed by atoms with Crippen LogP contribution in [0.3, 0.4) is 0 Å². The van der Waals surface area contributed by atoms with Crippen LogP contribution in [0.1, 0.15) is 49.0 Å². The minimum atomic E-state index is -0.280. The van der Waals surface area contributed by atoms with Crippen molar-refractivity contribution < 1.29 is 14.3 Å². The predicted molar refractivity (Wildman–Crippen MR) is 103 cm³/mol. The Bertz CT molecular complexity index is 804. The van der Waals surface area contributed by atoms with E-state index >= 15 is 0 Å². The van der Waals surface area contributed by atoms with Gasteiger partial charge in [-0.05, 0) is 31.0 Å². The van der Waals surface area contributed by atoms with Gasteiger partial charge in [0.05, 0.1) is 0 Å². The van der Waals surface area contributed by atoms with E-state index in [-0.39, 0.29) is 5.91 Å². The smallest absolute Gasteiger partial charge is 0.274 e. The van der Waals surface area contributed by atoms with Crippen LogP contribution in [0.15, 0.2) is 30.5 Å². The molecule has 0 spiro atoms. The lowest BCUT2D eigenvalue weighted by Crippen LogP contribution is -2.21. The monoisotopic (exact) mass is 368 g/mol. The summed E-state index contributed by atoms with van der Waals surface area (Å²) in [5, 5.41) is 6.24. The van der Waals surface area contributed by atoms with Crippen molar-refractivity contribution in [1.82, 2.24) is 9.97 Å². The topological polar surface area (TPSA) is 85.4 Å². The first-order chi connectivity index (χ1) is 13.3. The number of anilines is 2. The first-order valence-electron chi connectivity index (χ1n) is 9.58. The normalized spacial score (nSPS) is 17.0. The number of amides is 1. The summed E-state index contributed by atoms with van der Waals surface area (Å²) >= 11 is 0. The van der Waals surface area contributed by atoms with E-state index in [4.69, 9.17) is 9.47 Å². The highest BCUT2D eigenvalue weighted by Gasteiger charge is 2.16. The van der Waals surface area contributed by atoms with Gasteiger partial charge in [0.15, 0.2) is 11.5 Å². The predicted octanol–water partition coefficient (Wildman–Crippen LogP) is 3.63. The summed E-state index contributed by atoms with van der Waals surface area (Å²) in [6, 6.07) is 7.34. The summed E-state index contributed by atoms with van der Waals surface area (Å²) in [6.07, 6.45) is 8.89. The number of carbonyl (C=O) groups excluding carboxylic acids is 1. The Labute approximate surface area is 158 Å². The summed E-state index contributed by atoms with van der Waals surface area (Å²) in [6.45, 7) is 1.04. The third-order valence-electron chi connectivity index (χ3n) is 4.88. The maximum absolute atomic E-state index is 12.6. The Kier molecular flexibility index (Phi) is 5.37. The van der Waals surface area contributed by atoms with Gasteiger partial charge in [-0.15, -0.1) is 0 Å². The molecule has 0 saturated heterocycles. The van der Waals surface area contributed by atoms with Crippen LogP contribution in [0.25, 0.3) is 0 Å². The molecule has 1 saturated carbocycles. The molecular weight excluding hydrogens is 344 g/mol. The average Bonchev–Trinajstić information content (AvgIpc) is 2.97. The summed E-state index contributed by atoms with van der Waals surface area (Å²) in [5.41, 5.74) is 0.970. The van der Waals surface area contributed by atoms with Gasteiger partial charge in [0.25, 0.3) is 5.91 Å². The van der Waals surface area contributed by atoms with E-state index in [9.17, 15) is 4.79 Å². The lowest BCUT2D eigenvalue weighted by molar-refractivity contribution is 0.102. The molecule has 2 N–H and O–H groups in total. The van der Waals surface area contributed by atoms with Gasteiger partial charge in [0.1, 0.15) is 18.9 Å². The zero-order valence-corrected chi connectivity index (χ0v) is 15.2. The van der Waals surface area contributed by atoms with Crippen molar-refractivity contribution >= 4 is 17.5 Å². The number of rotatable bonds is 4. The molecule has 1 fully saturated rings. The standard InChI is InChI=1S/C20H24N4O3/c25-19(22-15-7-8-17-18(13-15)27-12-11-26-17)16-9-10-21-20(24-16)23-14-5-3-1-2-4-6-14/h7-10,13-14H,1-6,11-12H2,(H,22,25)(H,21,23,24). The van der Waals surface area contributed by atoms with Crippen LogP contribution in [-0.4, -0.2) is 35.1 Å². The van der Waals surface area contributed by atoms with E-state index in [1.165, 1.54) is 25.7 Å². The molecule has 4 rings (SSSR count). The Balaban J connectivity index is 1.42. The molecule has 7 nitrogen and oxygen atoms in total. The highest BCUT2D eigenvalue weighted by atomic mass is 16.6. The quantitative estimate of drug-likeness (QED) is 0.802. The van der Waals surface area contributed by atoms with Crippen molar-refractivity contribution in [1.29, 1.82) is 0 Å². The summed E-state index contributed by atoms with van der Waals surface area (Å²) < 4.78 is 11.1. The van der Waals surface area contributed by atoms with Crippen LogP contribution in [0, 0.1) is 0 Å². The highest BCUT2D eigenvalue weighted by molar-refractivity contribution is 6.03. The van der Waals surface area contributed by atoms with Crippen LogP contribution < -0.4 is 20.1 Å². The molecule has 1 aliphatic heterocycles. The Morgan fingerprint density at radius 2 is 1.78 bits per heavy atom. The van der Waals surface area contributed by atoms with E-state index in [2.05, 4.69) is 20.6 Å². The van der Waals surface area contributed by atoms with Crippen LogP contribution in [0.5, 0.6) is 11.5 Å². The maximum atomic E-state index is 12.6. The molecule has 7 heteroatoms. The minimum absolute atomic E-state index is 0.280. The number of benzene rings is 1. The minimum Gasteiger partial charge on any atom is -0.486 e. The zero-order chi connectivity index (χ0) is 18.5. The van der Waals surface area contributed by atoms with Crippen LogP contribution >= 0.6 is 0 Å². The van der Waals surface area contributed by atoms with Crippen molar-refractivity contribution in [2.75, 3.05) is 23.8 Å². The second kappa shape index (κ2) is 8.24. The largest absolute Gasteiger partial charge is 0.486 e. The number of hydrogen-bond acceptors (Lipinski definition) is 6. The van der Waals surface area contributed by atoms with Gasteiger partial charge in [-0.2, -0.15) is 0 Å². The molecule has 2 aromatic rings. The fourth-order valence-electron chi connectivity index (χ4n) is 3.48. The van der Waals surface area contributed by atoms with Gasteiger partial charge in [0.2, 0.25) is 5.95 Å². The van der Waals surface area contributed by atoms with Crippen LogP contribution in [0.2, 0.25) is 0 Å². The summed E-state index contributed by atoms with van der Waals surface area (Å²) in [5.74, 6) is 1.56. The maximum Gasteiger partial charge on any atom is 0.274 e. The van der Waals surface area contributed by atoms with Crippen molar-refractivity contribution in [3.05, 3.63) is 36.2 Å². The molecule has 142 valence electrons. The average molecular weight is 368 g/mol. The van der Waals surface area contributed by atoms with E-state index < -0.39 is 0 Å². The third kappa shape index (κ3) is 4.48. The number of nitrogens with zero attached hydrogens (tertiary/aromatic N) is 2. The molecule has 2 heterocycles. The molecule has 1 aromatic heterocycles. The summed E-state index contributed by atoms with van der Waals surface area (Å²) in [7, 11) is 0. The molecule has 1 amide bonds. The number of ether oxygens (including phenoxy) is 2. The van der Waals surface area contributed by atoms with E-state index in [0.717, 1.165) is 12.8 Å².